The van der Waals surface area contributed by atoms with E-state index in [2.05, 4.69) is 24.2 Å². The molecule has 0 amide bonds. The molecule has 1 unspecified atom stereocenters. The fourth-order valence-corrected chi connectivity index (χ4v) is 1.66. The molecule has 0 aliphatic carbocycles. The Morgan fingerprint density at radius 2 is 2.00 bits per heavy atom. The zero-order chi connectivity index (χ0) is 12.7. The van der Waals surface area contributed by atoms with Crippen molar-refractivity contribution in [2.24, 2.45) is 11.7 Å². The Kier molecular flexibility index (Phi) is 6.15. The number of nitrogens with two attached hydrogens (primary N) is 1. The van der Waals surface area contributed by atoms with Gasteiger partial charge < -0.3 is 10.8 Å². The van der Waals surface area contributed by atoms with E-state index < -0.39 is 0 Å². The van der Waals surface area contributed by atoms with E-state index in [1.807, 2.05) is 10.9 Å². The lowest BCUT2D eigenvalue weighted by molar-refractivity contribution is 0.282. The molecule has 0 radical (unpaired) electrons. The van der Waals surface area contributed by atoms with Gasteiger partial charge in [0.25, 0.3) is 0 Å². The maximum absolute atomic E-state index is 8.66. The lowest BCUT2D eigenvalue weighted by Crippen LogP contribution is -2.17. The van der Waals surface area contributed by atoms with Gasteiger partial charge in [-0.15, -0.1) is 5.10 Å². The number of hydrogen-bond donors (Lipinski definition) is 2. The van der Waals surface area contributed by atoms with Gasteiger partial charge in [-0.1, -0.05) is 31.9 Å². The Morgan fingerprint density at radius 3 is 2.65 bits per heavy atom. The first-order chi connectivity index (χ1) is 8.15. The molecule has 3 N–H and O–H groups in total. The number of aliphatic hydroxyl groups is 1. The number of aromatic nitrogens is 3. The average molecular weight is 240 g/mol. The number of nitrogens with zero attached hydrogens (tertiary/aromatic N) is 3. The number of rotatable bonds is 8. The summed E-state index contributed by atoms with van der Waals surface area (Å²) in [4.78, 5) is 0. The van der Waals surface area contributed by atoms with Gasteiger partial charge in [-0.05, 0) is 18.8 Å². The fourth-order valence-electron chi connectivity index (χ4n) is 1.66. The summed E-state index contributed by atoms with van der Waals surface area (Å²) in [6.07, 6.45) is 6.09. The standard InChI is InChI=1S/C12H24N4O/c1-10(2)12(13)11-9-16(15-14-11)7-5-3-4-6-8-17/h9-10,12,17H,3-8,13H2,1-2H3. The molecular formula is C12H24N4O. The van der Waals surface area contributed by atoms with E-state index in [9.17, 15) is 0 Å². The first-order valence-corrected chi connectivity index (χ1v) is 6.41. The lowest BCUT2D eigenvalue weighted by atomic mass is 10.0. The number of aryl methyl sites for hydroxylation is 1. The predicted octanol–water partition coefficient (Wildman–Crippen LogP) is 1.49. The van der Waals surface area contributed by atoms with Crippen molar-refractivity contribution in [3.8, 4) is 0 Å². The fraction of sp³-hybridized carbons (Fsp3) is 0.833. The molecule has 0 bridgehead atoms. The van der Waals surface area contributed by atoms with Crippen LogP contribution in [0.3, 0.4) is 0 Å². The predicted molar refractivity (Wildman–Crippen MR) is 67.3 cm³/mol. The molecule has 5 nitrogen and oxygen atoms in total. The number of aliphatic hydroxyl groups excluding tert-OH is 1. The summed E-state index contributed by atoms with van der Waals surface area (Å²) in [5, 5.41) is 16.8. The first kappa shape index (κ1) is 14.1. The van der Waals surface area contributed by atoms with Crippen LogP contribution in [-0.2, 0) is 6.54 Å². The van der Waals surface area contributed by atoms with Gasteiger partial charge in [0, 0.05) is 13.2 Å². The van der Waals surface area contributed by atoms with Crippen molar-refractivity contribution in [1.82, 2.24) is 15.0 Å². The Bertz CT molecular complexity index is 311. The second kappa shape index (κ2) is 7.40. The number of hydrogen-bond acceptors (Lipinski definition) is 4. The minimum atomic E-state index is -0.0295. The van der Waals surface area contributed by atoms with Gasteiger partial charge in [-0.25, -0.2) is 0 Å². The lowest BCUT2D eigenvalue weighted by Gasteiger charge is -2.11. The van der Waals surface area contributed by atoms with Gasteiger partial charge in [0.15, 0.2) is 0 Å². The van der Waals surface area contributed by atoms with E-state index in [1.54, 1.807) is 0 Å². The SMILES string of the molecule is CC(C)C(N)c1cn(CCCCCCO)nn1. The molecule has 0 aliphatic rings. The van der Waals surface area contributed by atoms with Crippen LogP contribution >= 0.6 is 0 Å². The third kappa shape index (κ3) is 4.83. The monoisotopic (exact) mass is 240 g/mol. The van der Waals surface area contributed by atoms with Gasteiger partial charge in [-0.3, -0.25) is 4.68 Å². The summed E-state index contributed by atoms with van der Waals surface area (Å²) in [5.41, 5.74) is 6.87. The second-order valence-corrected chi connectivity index (χ2v) is 4.81. The quantitative estimate of drug-likeness (QED) is 0.675. The van der Waals surface area contributed by atoms with E-state index in [4.69, 9.17) is 10.8 Å². The zero-order valence-corrected chi connectivity index (χ0v) is 10.8. The summed E-state index contributed by atoms with van der Waals surface area (Å²) in [6, 6.07) is -0.0295. The summed E-state index contributed by atoms with van der Waals surface area (Å²) in [5.74, 6) is 0.379. The van der Waals surface area contributed by atoms with Gasteiger partial charge in [0.1, 0.15) is 0 Å². The van der Waals surface area contributed by atoms with Crippen molar-refractivity contribution in [2.45, 2.75) is 52.1 Å². The highest BCUT2D eigenvalue weighted by atomic mass is 16.2. The molecule has 0 saturated carbocycles. The summed E-state index contributed by atoms with van der Waals surface area (Å²) in [6.45, 7) is 5.33. The molecule has 1 aromatic heterocycles. The van der Waals surface area contributed by atoms with Crippen LogP contribution in [0.2, 0.25) is 0 Å². The van der Waals surface area contributed by atoms with Crippen LogP contribution in [0, 0.1) is 5.92 Å². The van der Waals surface area contributed by atoms with Crippen LogP contribution in [0.4, 0.5) is 0 Å². The molecule has 0 fully saturated rings. The largest absolute Gasteiger partial charge is 0.396 e. The van der Waals surface area contributed by atoms with Crippen LogP contribution in [0.5, 0.6) is 0 Å². The normalized spacial score (nSPS) is 13.2. The number of unbranched alkanes of at least 4 members (excludes halogenated alkanes) is 3. The molecule has 0 saturated heterocycles. The Balaban J connectivity index is 2.31. The molecule has 1 aromatic rings. The molecule has 17 heavy (non-hydrogen) atoms. The van der Waals surface area contributed by atoms with E-state index in [1.165, 1.54) is 0 Å². The van der Waals surface area contributed by atoms with Crippen molar-refractivity contribution in [3.63, 3.8) is 0 Å². The smallest absolute Gasteiger partial charge is 0.0996 e. The maximum atomic E-state index is 8.66. The minimum Gasteiger partial charge on any atom is -0.396 e. The highest BCUT2D eigenvalue weighted by Gasteiger charge is 2.13. The summed E-state index contributed by atoms with van der Waals surface area (Å²) >= 11 is 0. The van der Waals surface area contributed by atoms with E-state index in [0.717, 1.165) is 37.9 Å². The molecule has 0 spiro atoms. The zero-order valence-electron chi connectivity index (χ0n) is 10.8. The Hall–Kier alpha value is -0.940. The molecule has 5 heteroatoms. The molecule has 1 rings (SSSR count). The highest BCUT2D eigenvalue weighted by Crippen LogP contribution is 2.15. The third-order valence-corrected chi connectivity index (χ3v) is 2.91. The van der Waals surface area contributed by atoms with E-state index in [-0.39, 0.29) is 12.6 Å². The van der Waals surface area contributed by atoms with Crippen LogP contribution in [0.15, 0.2) is 6.20 Å². The van der Waals surface area contributed by atoms with Crippen LogP contribution < -0.4 is 5.73 Å². The van der Waals surface area contributed by atoms with Gasteiger partial charge >= 0.3 is 0 Å². The third-order valence-electron chi connectivity index (χ3n) is 2.91. The molecule has 98 valence electrons. The van der Waals surface area contributed by atoms with Crippen molar-refractivity contribution in [2.75, 3.05) is 6.61 Å². The Morgan fingerprint density at radius 1 is 1.29 bits per heavy atom. The topological polar surface area (TPSA) is 77.0 Å². The van der Waals surface area contributed by atoms with Gasteiger partial charge in [-0.2, -0.15) is 0 Å². The molecular weight excluding hydrogens is 216 g/mol. The molecule has 1 heterocycles. The van der Waals surface area contributed by atoms with Gasteiger partial charge in [0.2, 0.25) is 0 Å². The van der Waals surface area contributed by atoms with Crippen molar-refractivity contribution in [1.29, 1.82) is 0 Å². The maximum Gasteiger partial charge on any atom is 0.0996 e. The van der Waals surface area contributed by atoms with E-state index >= 15 is 0 Å². The minimum absolute atomic E-state index is 0.0295. The summed E-state index contributed by atoms with van der Waals surface area (Å²) < 4.78 is 1.86. The van der Waals surface area contributed by atoms with Crippen molar-refractivity contribution >= 4 is 0 Å². The first-order valence-electron chi connectivity index (χ1n) is 6.41. The van der Waals surface area contributed by atoms with Gasteiger partial charge in [0.05, 0.1) is 17.9 Å². The Labute approximate surface area is 103 Å². The van der Waals surface area contributed by atoms with Crippen LogP contribution in [0.1, 0.15) is 51.3 Å². The molecule has 0 aromatic carbocycles. The van der Waals surface area contributed by atoms with Crippen LogP contribution in [-0.4, -0.2) is 26.7 Å². The van der Waals surface area contributed by atoms with Crippen molar-refractivity contribution in [3.05, 3.63) is 11.9 Å². The highest BCUT2D eigenvalue weighted by molar-refractivity contribution is 5.00. The van der Waals surface area contributed by atoms with E-state index in [0.29, 0.717) is 5.92 Å². The average Bonchev–Trinajstić information content (AvgIpc) is 2.76. The summed E-state index contributed by atoms with van der Waals surface area (Å²) in [7, 11) is 0. The van der Waals surface area contributed by atoms with Crippen molar-refractivity contribution < 1.29 is 5.11 Å². The molecule has 0 aliphatic heterocycles. The van der Waals surface area contributed by atoms with Crippen LogP contribution in [0.25, 0.3) is 0 Å². The molecule has 1 atom stereocenters. The second-order valence-electron chi connectivity index (χ2n) is 4.81.